The van der Waals surface area contributed by atoms with Crippen LogP contribution in [0.3, 0.4) is 0 Å². The number of anilines is 1. The first-order chi connectivity index (χ1) is 14.9. The monoisotopic (exact) mass is 428 g/mol. The van der Waals surface area contributed by atoms with Crippen molar-refractivity contribution in [3.05, 3.63) is 41.6 Å². The highest BCUT2D eigenvalue weighted by Crippen LogP contribution is 2.19. The molecule has 1 aliphatic rings. The van der Waals surface area contributed by atoms with E-state index in [1.54, 1.807) is 32.2 Å². The molecule has 0 radical (unpaired) electrons. The highest BCUT2D eigenvalue weighted by Gasteiger charge is 2.29. The SMILES string of the molecule is CCCC1CC(=O)NC(n2nc(C)cc2NC(=O)C(=O)NCc2ccccc2OC)N1. The Morgan fingerprint density at radius 3 is 2.81 bits per heavy atom. The normalized spacial score (nSPS) is 18.2. The number of hydrogen-bond donors (Lipinski definition) is 4. The van der Waals surface area contributed by atoms with E-state index in [-0.39, 0.29) is 18.5 Å². The smallest absolute Gasteiger partial charge is 0.314 e. The number of aromatic nitrogens is 2. The van der Waals surface area contributed by atoms with Crippen LogP contribution >= 0.6 is 0 Å². The summed E-state index contributed by atoms with van der Waals surface area (Å²) in [5, 5.41) is 15.7. The van der Waals surface area contributed by atoms with Gasteiger partial charge in [0.1, 0.15) is 11.6 Å². The van der Waals surface area contributed by atoms with E-state index in [2.05, 4.69) is 33.3 Å². The molecule has 10 heteroatoms. The van der Waals surface area contributed by atoms with Gasteiger partial charge >= 0.3 is 11.8 Å². The van der Waals surface area contributed by atoms with Crippen LogP contribution < -0.4 is 26.0 Å². The predicted octanol–water partition coefficient (Wildman–Crippen LogP) is 1.19. The van der Waals surface area contributed by atoms with Crippen LogP contribution in [0.5, 0.6) is 5.75 Å². The summed E-state index contributed by atoms with van der Waals surface area (Å²) in [7, 11) is 1.54. The van der Waals surface area contributed by atoms with Crippen LogP contribution in [-0.4, -0.2) is 40.7 Å². The van der Waals surface area contributed by atoms with Gasteiger partial charge in [0, 0.05) is 30.6 Å². The number of rotatable bonds is 7. The van der Waals surface area contributed by atoms with Crippen LogP contribution in [0.1, 0.15) is 43.7 Å². The Morgan fingerprint density at radius 2 is 2.06 bits per heavy atom. The van der Waals surface area contributed by atoms with Crippen molar-refractivity contribution < 1.29 is 19.1 Å². The Bertz CT molecular complexity index is 957. The van der Waals surface area contributed by atoms with E-state index in [4.69, 9.17) is 4.74 Å². The van der Waals surface area contributed by atoms with Crippen molar-refractivity contribution in [2.75, 3.05) is 12.4 Å². The van der Waals surface area contributed by atoms with Gasteiger partial charge in [-0.1, -0.05) is 31.5 Å². The molecule has 1 aromatic carbocycles. The fourth-order valence-corrected chi connectivity index (χ4v) is 3.51. The van der Waals surface area contributed by atoms with E-state index in [9.17, 15) is 14.4 Å². The molecule has 0 spiro atoms. The number of nitrogens with one attached hydrogen (secondary N) is 4. The summed E-state index contributed by atoms with van der Waals surface area (Å²) >= 11 is 0. The number of methoxy groups -OCH3 is 1. The summed E-state index contributed by atoms with van der Waals surface area (Å²) in [6.45, 7) is 3.96. The van der Waals surface area contributed by atoms with Gasteiger partial charge in [0.2, 0.25) is 5.91 Å². The van der Waals surface area contributed by atoms with Crippen molar-refractivity contribution in [1.82, 2.24) is 25.7 Å². The van der Waals surface area contributed by atoms with Crippen LogP contribution in [0.25, 0.3) is 0 Å². The van der Waals surface area contributed by atoms with Crippen molar-refractivity contribution in [3.8, 4) is 5.75 Å². The zero-order valence-electron chi connectivity index (χ0n) is 17.9. The highest BCUT2D eigenvalue weighted by atomic mass is 16.5. The molecule has 2 atom stereocenters. The lowest BCUT2D eigenvalue weighted by Gasteiger charge is -2.32. The minimum Gasteiger partial charge on any atom is -0.496 e. The topological polar surface area (TPSA) is 126 Å². The fraction of sp³-hybridized carbons (Fsp3) is 0.429. The molecule has 3 rings (SSSR count). The third-order valence-electron chi connectivity index (χ3n) is 4.94. The van der Waals surface area contributed by atoms with E-state index in [1.165, 1.54) is 4.68 Å². The molecule has 4 N–H and O–H groups in total. The standard InChI is InChI=1S/C21H28N6O4/c1-4-7-15-11-18(28)25-21(23-15)27-17(10-13(2)26-27)24-20(30)19(29)22-12-14-8-5-6-9-16(14)31-3/h5-6,8-10,15,21,23H,4,7,11-12H2,1-3H3,(H,22,29)(H,24,30)(H,25,28). The summed E-state index contributed by atoms with van der Waals surface area (Å²) in [6.07, 6.45) is 1.55. The number of carbonyl (C=O) groups is 3. The quantitative estimate of drug-likeness (QED) is 0.491. The Kier molecular flexibility index (Phi) is 7.24. The average molecular weight is 428 g/mol. The molecule has 0 saturated carbocycles. The summed E-state index contributed by atoms with van der Waals surface area (Å²) in [6, 6.07) is 8.88. The zero-order valence-corrected chi connectivity index (χ0v) is 17.9. The van der Waals surface area contributed by atoms with Gasteiger partial charge in [-0.3, -0.25) is 19.7 Å². The molecule has 10 nitrogen and oxygen atoms in total. The van der Waals surface area contributed by atoms with Gasteiger partial charge in [-0.25, -0.2) is 4.68 Å². The molecule has 0 aliphatic carbocycles. The third kappa shape index (κ3) is 5.60. The first-order valence-electron chi connectivity index (χ1n) is 10.2. The predicted molar refractivity (Wildman–Crippen MR) is 114 cm³/mol. The van der Waals surface area contributed by atoms with Crippen molar-refractivity contribution in [3.63, 3.8) is 0 Å². The Morgan fingerprint density at radius 1 is 1.29 bits per heavy atom. The van der Waals surface area contributed by atoms with Gasteiger partial charge in [0.05, 0.1) is 12.8 Å². The minimum absolute atomic E-state index is 0.0148. The molecule has 1 saturated heterocycles. The third-order valence-corrected chi connectivity index (χ3v) is 4.94. The number of aryl methyl sites for hydroxylation is 1. The van der Waals surface area contributed by atoms with Crippen LogP contribution in [0, 0.1) is 6.92 Å². The van der Waals surface area contributed by atoms with Gasteiger partial charge in [0.15, 0.2) is 6.29 Å². The molecular formula is C21H28N6O4. The lowest BCUT2D eigenvalue weighted by Crippen LogP contribution is -2.53. The molecule has 2 heterocycles. The zero-order chi connectivity index (χ0) is 22.4. The first-order valence-corrected chi connectivity index (χ1v) is 10.2. The van der Waals surface area contributed by atoms with Crippen LogP contribution in [0.15, 0.2) is 30.3 Å². The summed E-state index contributed by atoms with van der Waals surface area (Å²) < 4.78 is 6.72. The van der Waals surface area contributed by atoms with Crippen LogP contribution in [0.4, 0.5) is 5.82 Å². The van der Waals surface area contributed by atoms with E-state index in [0.717, 1.165) is 18.4 Å². The molecule has 3 amide bonds. The number of benzene rings is 1. The van der Waals surface area contributed by atoms with Crippen molar-refractivity contribution in [2.45, 2.75) is 52.0 Å². The van der Waals surface area contributed by atoms with Gasteiger partial charge in [-0.15, -0.1) is 0 Å². The van der Waals surface area contributed by atoms with E-state index in [1.807, 2.05) is 12.1 Å². The highest BCUT2D eigenvalue weighted by molar-refractivity contribution is 6.39. The molecule has 1 fully saturated rings. The first kappa shape index (κ1) is 22.3. The average Bonchev–Trinajstić information content (AvgIpc) is 3.12. The second kappa shape index (κ2) is 10.1. The van der Waals surface area contributed by atoms with Gasteiger partial charge in [-0.2, -0.15) is 5.10 Å². The second-order valence-corrected chi connectivity index (χ2v) is 7.39. The Hall–Kier alpha value is -3.40. The molecule has 166 valence electrons. The van der Waals surface area contributed by atoms with Crippen LogP contribution in [0.2, 0.25) is 0 Å². The number of carbonyl (C=O) groups excluding carboxylic acids is 3. The largest absolute Gasteiger partial charge is 0.496 e. The maximum Gasteiger partial charge on any atom is 0.314 e. The van der Waals surface area contributed by atoms with E-state index >= 15 is 0 Å². The van der Waals surface area contributed by atoms with Crippen molar-refractivity contribution >= 4 is 23.5 Å². The Labute approximate surface area is 180 Å². The minimum atomic E-state index is -0.830. The number of ether oxygens (including phenoxy) is 1. The number of nitrogens with zero attached hydrogens (tertiary/aromatic N) is 2. The van der Waals surface area contributed by atoms with Crippen molar-refractivity contribution in [1.29, 1.82) is 0 Å². The molecule has 31 heavy (non-hydrogen) atoms. The van der Waals surface area contributed by atoms with E-state index < -0.39 is 18.1 Å². The number of hydrogen-bond acceptors (Lipinski definition) is 6. The van der Waals surface area contributed by atoms with Gasteiger partial charge in [-0.05, 0) is 19.4 Å². The van der Waals surface area contributed by atoms with Gasteiger partial charge < -0.3 is 20.7 Å². The molecule has 1 aliphatic heterocycles. The molecule has 2 unspecified atom stereocenters. The molecular weight excluding hydrogens is 400 g/mol. The number of para-hydroxylation sites is 1. The molecule has 1 aromatic heterocycles. The van der Waals surface area contributed by atoms with Crippen molar-refractivity contribution in [2.24, 2.45) is 0 Å². The molecule has 2 aromatic rings. The summed E-state index contributed by atoms with van der Waals surface area (Å²) in [4.78, 5) is 36.9. The van der Waals surface area contributed by atoms with Gasteiger partial charge in [0.25, 0.3) is 0 Å². The second-order valence-electron chi connectivity index (χ2n) is 7.39. The lowest BCUT2D eigenvalue weighted by molar-refractivity contribution is -0.136. The lowest BCUT2D eigenvalue weighted by atomic mass is 10.1. The van der Waals surface area contributed by atoms with Crippen LogP contribution in [-0.2, 0) is 20.9 Å². The summed E-state index contributed by atoms with van der Waals surface area (Å²) in [5.74, 6) is -0.783. The number of amides is 3. The molecule has 0 bridgehead atoms. The Balaban J connectivity index is 1.66. The maximum absolute atomic E-state index is 12.5. The maximum atomic E-state index is 12.5. The fourth-order valence-electron chi connectivity index (χ4n) is 3.51. The summed E-state index contributed by atoms with van der Waals surface area (Å²) in [5.41, 5.74) is 1.39. The van der Waals surface area contributed by atoms with E-state index in [0.29, 0.717) is 23.7 Å².